The molecule has 0 bridgehead atoms. The average molecular weight is 432 g/mol. The van der Waals surface area contributed by atoms with Gasteiger partial charge in [-0.15, -0.1) is 0 Å². The highest BCUT2D eigenvalue weighted by atomic mass is 28.4. The molecule has 0 fully saturated rings. The molecule has 0 heterocycles. The number of rotatable bonds is 10. The topological polar surface area (TPSA) is 48.0 Å². The van der Waals surface area contributed by atoms with E-state index < -0.39 is 16.9 Å². The number of hydrogen-bond donors (Lipinski definition) is 0. The van der Waals surface area contributed by atoms with Crippen LogP contribution in [0.5, 0.6) is 0 Å². The van der Waals surface area contributed by atoms with Gasteiger partial charge in [-0.25, -0.2) is 0 Å². The minimum Gasteiger partial charge on any atom is -0.378 e. The molecular weight excluding hydrogens is 398 g/mol. The Labute approximate surface area is 177 Å². The molecule has 0 atom stereocenters. The van der Waals surface area contributed by atoms with Crippen LogP contribution in [0, 0.1) is 0 Å². The lowest BCUT2D eigenvalue weighted by molar-refractivity contribution is 0.103. The van der Waals surface area contributed by atoms with Crippen molar-refractivity contribution >= 4 is 33.5 Å². The van der Waals surface area contributed by atoms with Crippen molar-refractivity contribution in [3.05, 3.63) is 59.7 Å². The third kappa shape index (κ3) is 5.64. The molecule has 0 aliphatic rings. The number of hydrogen-bond acceptors (Lipinski definition) is 5. The van der Waals surface area contributed by atoms with Crippen LogP contribution in [0.15, 0.2) is 48.5 Å². The Morgan fingerprint density at radius 3 is 1.66 bits per heavy atom. The van der Waals surface area contributed by atoms with Crippen molar-refractivity contribution in [3.63, 3.8) is 0 Å². The zero-order valence-electron chi connectivity index (χ0n) is 18.6. The number of carbonyl (C=O) groups excluding carboxylic acids is 1. The minimum atomic E-state index is -2.57. The number of anilines is 1. The van der Waals surface area contributed by atoms with E-state index in [4.69, 9.17) is 13.3 Å². The highest BCUT2D eigenvalue weighted by molar-refractivity contribution is 6.90. The second kappa shape index (κ2) is 9.82. The summed E-state index contributed by atoms with van der Waals surface area (Å²) in [6.45, 7) is 4.65. The summed E-state index contributed by atoms with van der Waals surface area (Å²) in [5.41, 5.74) is 2.49. The summed E-state index contributed by atoms with van der Waals surface area (Å²) in [7, 11) is 4.64. The van der Waals surface area contributed by atoms with E-state index >= 15 is 0 Å². The Morgan fingerprint density at radius 2 is 1.24 bits per heavy atom. The van der Waals surface area contributed by atoms with Gasteiger partial charge in [0.25, 0.3) is 0 Å². The molecule has 0 spiro atoms. The zero-order chi connectivity index (χ0) is 21.7. The van der Waals surface area contributed by atoms with E-state index in [2.05, 4.69) is 25.2 Å². The lowest BCUT2D eigenvalue weighted by Crippen LogP contribution is -2.48. The lowest BCUT2D eigenvalue weighted by atomic mass is 10.0. The lowest BCUT2D eigenvalue weighted by Gasteiger charge is -2.29. The van der Waals surface area contributed by atoms with Crippen LogP contribution in [-0.4, -0.2) is 58.1 Å². The molecule has 0 unspecified atom stereocenters. The standard InChI is InChI=1S/C22H33NO4Si2/c1-23(2)20-12-8-18(9-13-20)22(24)19-10-14-21(15-11-19)28(6,7)16-17-29(25-3,26-4)27-5/h8-15H,16-17H2,1-7H3. The molecule has 2 aromatic carbocycles. The van der Waals surface area contributed by atoms with Gasteiger partial charge in [-0.05, 0) is 30.3 Å². The molecule has 0 radical (unpaired) electrons. The average Bonchev–Trinajstić information content (AvgIpc) is 2.75. The fourth-order valence-electron chi connectivity index (χ4n) is 3.32. The summed E-state index contributed by atoms with van der Waals surface area (Å²) in [6.07, 6.45) is 0. The molecule has 0 saturated carbocycles. The van der Waals surface area contributed by atoms with E-state index in [1.165, 1.54) is 5.19 Å². The van der Waals surface area contributed by atoms with Crippen molar-refractivity contribution in [1.29, 1.82) is 0 Å². The Hall–Kier alpha value is -1.78. The van der Waals surface area contributed by atoms with E-state index in [1.807, 2.05) is 55.4 Å². The van der Waals surface area contributed by atoms with Crippen LogP contribution in [0.25, 0.3) is 0 Å². The predicted molar refractivity (Wildman–Crippen MR) is 124 cm³/mol. The first-order valence-electron chi connectivity index (χ1n) is 9.76. The number of benzene rings is 2. The van der Waals surface area contributed by atoms with Gasteiger partial charge in [-0.1, -0.05) is 42.5 Å². The smallest absolute Gasteiger partial charge is 0.378 e. The molecule has 7 heteroatoms. The van der Waals surface area contributed by atoms with Gasteiger partial charge in [0.1, 0.15) is 0 Å². The highest BCUT2D eigenvalue weighted by Crippen LogP contribution is 2.22. The molecule has 0 aliphatic heterocycles. The van der Waals surface area contributed by atoms with Crippen LogP contribution in [0.1, 0.15) is 15.9 Å². The van der Waals surface area contributed by atoms with Gasteiger partial charge in [-0.2, -0.15) is 0 Å². The van der Waals surface area contributed by atoms with Gasteiger partial charge in [0.05, 0.1) is 8.07 Å². The van der Waals surface area contributed by atoms with Crippen molar-refractivity contribution in [3.8, 4) is 0 Å². The van der Waals surface area contributed by atoms with E-state index in [0.717, 1.165) is 17.8 Å². The molecule has 0 aromatic heterocycles. The Balaban J connectivity index is 2.12. The second-order valence-corrected chi connectivity index (χ2v) is 16.0. The third-order valence-corrected chi connectivity index (χ3v) is 12.2. The molecule has 158 valence electrons. The first-order valence-corrected chi connectivity index (χ1v) is 14.9. The Morgan fingerprint density at radius 1 is 0.793 bits per heavy atom. The van der Waals surface area contributed by atoms with E-state index in [0.29, 0.717) is 11.1 Å². The van der Waals surface area contributed by atoms with Gasteiger partial charge in [0, 0.05) is 58.3 Å². The first kappa shape index (κ1) is 23.5. The quantitative estimate of drug-likeness (QED) is 0.423. The minimum absolute atomic E-state index is 0.0471. The Bertz CT molecular complexity index is 792. The summed E-state index contributed by atoms with van der Waals surface area (Å²) < 4.78 is 16.7. The summed E-state index contributed by atoms with van der Waals surface area (Å²) in [5.74, 6) is 0.0471. The SMILES string of the molecule is CO[Si](CC[Si](C)(C)c1ccc(C(=O)c2ccc(N(C)C)cc2)cc1)(OC)OC. The maximum absolute atomic E-state index is 12.8. The van der Waals surface area contributed by atoms with Crippen LogP contribution in [0.3, 0.4) is 0 Å². The molecule has 2 aromatic rings. The fourth-order valence-corrected chi connectivity index (χ4v) is 9.51. The van der Waals surface area contributed by atoms with Crippen LogP contribution in [0.4, 0.5) is 5.69 Å². The van der Waals surface area contributed by atoms with Gasteiger partial charge < -0.3 is 18.2 Å². The Kier molecular flexibility index (Phi) is 7.96. The van der Waals surface area contributed by atoms with E-state index in [9.17, 15) is 4.79 Å². The molecular formula is C22H33NO4Si2. The van der Waals surface area contributed by atoms with Crippen LogP contribution < -0.4 is 10.1 Å². The summed E-state index contributed by atoms with van der Waals surface area (Å²) in [5, 5.41) is 1.31. The van der Waals surface area contributed by atoms with E-state index in [-0.39, 0.29) is 5.78 Å². The van der Waals surface area contributed by atoms with Crippen molar-refractivity contribution in [1.82, 2.24) is 0 Å². The molecule has 2 rings (SSSR count). The fraction of sp³-hybridized carbons (Fsp3) is 0.409. The molecule has 0 amide bonds. The molecule has 0 N–H and O–H groups in total. The molecule has 5 nitrogen and oxygen atoms in total. The van der Waals surface area contributed by atoms with Crippen molar-refractivity contribution in [2.75, 3.05) is 40.3 Å². The maximum atomic E-state index is 12.8. The van der Waals surface area contributed by atoms with Crippen LogP contribution >= 0.6 is 0 Å². The van der Waals surface area contributed by atoms with Gasteiger partial charge in [-0.3, -0.25) is 4.79 Å². The van der Waals surface area contributed by atoms with Gasteiger partial charge >= 0.3 is 8.80 Å². The van der Waals surface area contributed by atoms with Crippen LogP contribution in [-0.2, 0) is 13.3 Å². The summed E-state index contributed by atoms with van der Waals surface area (Å²) in [4.78, 5) is 14.8. The maximum Gasteiger partial charge on any atom is 0.499 e. The normalized spacial score (nSPS) is 12.1. The highest BCUT2D eigenvalue weighted by Gasteiger charge is 2.40. The summed E-state index contributed by atoms with van der Waals surface area (Å²) >= 11 is 0. The molecule has 0 aliphatic carbocycles. The number of nitrogens with zero attached hydrogens (tertiary/aromatic N) is 1. The zero-order valence-corrected chi connectivity index (χ0v) is 20.6. The van der Waals surface area contributed by atoms with Crippen molar-refractivity contribution in [2.24, 2.45) is 0 Å². The second-order valence-electron chi connectivity index (χ2n) is 8.03. The van der Waals surface area contributed by atoms with Crippen molar-refractivity contribution < 1.29 is 18.1 Å². The number of carbonyl (C=O) groups is 1. The third-order valence-electron chi connectivity index (χ3n) is 5.56. The predicted octanol–water partition coefficient (Wildman–Crippen LogP) is 3.78. The van der Waals surface area contributed by atoms with Gasteiger partial charge in [0.2, 0.25) is 0 Å². The first-order chi connectivity index (χ1) is 13.7. The summed E-state index contributed by atoms with van der Waals surface area (Å²) in [6, 6.07) is 17.6. The van der Waals surface area contributed by atoms with Gasteiger partial charge in [0.15, 0.2) is 5.78 Å². The largest absolute Gasteiger partial charge is 0.499 e. The van der Waals surface area contributed by atoms with Crippen LogP contribution in [0.2, 0.25) is 25.2 Å². The van der Waals surface area contributed by atoms with Crippen molar-refractivity contribution in [2.45, 2.75) is 25.2 Å². The van der Waals surface area contributed by atoms with E-state index in [1.54, 1.807) is 21.3 Å². The molecule has 29 heavy (non-hydrogen) atoms. The monoisotopic (exact) mass is 431 g/mol. The molecule has 0 saturated heterocycles. The number of ketones is 1.